The highest BCUT2D eigenvalue weighted by Gasteiger charge is 2.24. The van der Waals surface area contributed by atoms with Crippen molar-refractivity contribution < 1.29 is 23.8 Å². The first-order chi connectivity index (χ1) is 11.6. The van der Waals surface area contributed by atoms with Crippen molar-refractivity contribution in [3.05, 3.63) is 48.5 Å². The van der Waals surface area contributed by atoms with Crippen molar-refractivity contribution in [2.24, 2.45) is 0 Å². The van der Waals surface area contributed by atoms with E-state index in [0.29, 0.717) is 5.57 Å². The standard InChI is InChI=1S/C17H16N2O5/c1-3-22-17(21)14(9-23-15-8-11(2)16(20)24-15)19-10-18-12-6-4-5-7-13(12)19/h4-10,15H,3H2,1-2H3/b14-9-. The molecule has 3 rings (SSSR count). The second-order valence-electron chi connectivity index (χ2n) is 5.09. The van der Waals surface area contributed by atoms with Crippen LogP contribution >= 0.6 is 0 Å². The first kappa shape index (κ1) is 15.8. The predicted molar refractivity (Wildman–Crippen MR) is 85.4 cm³/mol. The smallest absolute Gasteiger partial charge is 0.358 e. The number of nitrogens with zero attached hydrogens (tertiary/aromatic N) is 2. The maximum atomic E-state index is 12.3. The Morgan fingerprint density at radius 2 is 2.21 bits per heavy atom. The van der Waals surface area contributed by atoms with E-state index in [9.17, 15) is 9.59 Å². The van der Waals surface area contributed by atoms with Gasteiger partial charge in [0.2, 0.25) is 0 Å². The van der Waals surface area contributed by atoms with Gasteiger partial charge >= 0.3 is 11.9 Å². The van der Waals surface area contributed by atoms with Gasteiger partial charge in [-0.2, -0.15) is 0 Å². The minimum atomic E-state index is -0.864. The van der Waals surface area contributed by atoms with Crippen LogP contribution in [-0.4, -0.2) is 34.4 Å². The summed E-state index contributed by atoms with van der Waals surface area (Å²) in [6, 6.07) is 7.36. The molecule has 124 valence electrons. The Balaban J connectivity index is 1.93. The fraction of sp³-hybridized carbons (Fsp3) is 0.235. The Kier molecular flexibility index (Phi) is 4.33. The van der Waals surface area contributed by atoms with Crippen molar-refractivity contribution in [3.8, 4) is 0 Å². The number of ether oxygens (including phenoxy) is 3. The van der Waals surface area contributed by atoms with Gasteiger partial charge in [0.1, 0.15) is 12.6 Å². The number of hydrogen-bond acceptors (Lipinski definition) is 6. The molecular weight excluding hydrogens is 312 g/mol. The van der Waals surface area contributed by atoms with Gasteiger partial charge in [-0.05, 0) is 26.0 Å². The predicted octanol–water partition coefficient (Wildman–Crippen LogP) is 2.24. The molecule has 1 unspecified atom stereocenters. The summed E-state index contributed by atoms with van der Waals surface area (Å²) in [4.78, 5) is 27.9. The van der Waals surface area contributed by atoms with Crippen molar-refractivity contribution in [2.75, 3.05) is 6.61 Å². The molecule has 1 atom stereocenters. The Morgan fingerprint density at radius 3 is 2.92 bits per heavy atom. The lowest BCUT2D eigenvalue weighted by atomic mass is 10.3. The SMILES string of the molecule is CCOC(=O)/C(=C/OC1C=C(C)C(=O)O1)n1cnc2ccccc21. The van der Waals surface area contributed by atoms with Gasteiger partial charge in [0.25, 0.3) is 6.29 Å². The molecule has 1 aliphatic rings. The van der Waals surface area contributed by atoms with Gasteiger partial charge in [0.15, 0.2) is 5.70 Å². The topological polar surface area (TPSA) is 79.6 Å². The van der Waals surface area contributed by atoms with E-state index in [2.05, 4.69) is 4.98 Å². The lowest BCUT2D eigenvalue weighted by Gasteiger charge is -2.12. The second kappa shape index (κ2) is 6.57. The van der Waals surface area contributed by atoms with Crippen LogP contribution in [0, 0.1) is 0 Å². The molecule has 0 saturated heterocycles. The van der Waals surface area contributed by atoms with E-state index in [0.717, 1.165) is 11.0 Å². The van der Waals surface area contributed by atoms with Crippen LogP contribution in [0.5, 0.6) is 0 Å². The number of imidazole rings is 1. The third-order valence-electron chi connectivity index (χ3n) is 3.44. The number of carbonyl (C=O) groups excluding carboxylic acids is 2. The summed E-state index contributed by atoms with van der Waals surface area (Å²) < 4.78 is 17.1. The van der Waals surface area contributed by atoms with Gasteiger partial charge in [0, 0.05) is 11.6 Å². The number of benzene rings is 1. The molecule has 2 aromatic rings. The average molecular weight is 328 g/mol. The van der Waals surface area contributed by atoms with Gasteiger partial charge < -0.3 is 14.2 Å². The van der Waals surface area contributed by atoms with Gasteiger partial charge in [-0.1, -0.05) is 12.1 Å². The molecule has 0 bridgehead atoms. The van der Waals surface area contributed by atoms with E-state index in [1.54, 1.807) is 18.4 Å². The van der Waals surface area contributed by atoms with E-state index in [1.165, 1.54) is 18.7 Å². The number of esters is 2. The van der Waals surface area contributed by atoms with Crippen LogP contribution in [0.3, 0.4) is 0 Å². The highest BCUT2D eigenvalue weighted by Crippen LogP contribution is 2.20. The number of hydrogen-bond donors (Lipinski definition) is 0. The van der Waals surface area contributed by atoms with Crippen molar-refractivity contribution >= 4 is 28.7 Å². The van der Waals surface area contributed by atoms with E-state index >= 15 is 0 Å². The zero-order chi connectivity index (χ0) is 17.1. The molecular formula is C17H16N2O5. The second-order valence-corrected chi connectivity index (χ2v) is 5.09. The summed E-state index contributed by atoms with van der Waals surface area (Å²) in [5.74, 6) is -1.01. The van der Waals surface area contributed by atoms with Crippen LogP contribution in [-0.2, 0) is 23.8 Å². The lowest BCUT2D eigenvalue weighted by molar-refractivity contribution is -0.152. The minimum Gasteiger partial charge on any atom is -0.461 e. The molecule has 0 amide bonds. The quantitative estimate of drug-likeness (QED) is 0.476. The molecule has 0 saturated carbocycles. The van der Waals surface area contributed by atoms with Crippen LogP contribution in [0.15, 0.2) is 48.5 Å². The fourth-order valence-electron chi connectivity index (χ4n) is 2.26. The Morgan fingerprint density at radius 1 is 1.42 bits per heavy atom. The first-order valence-corrected chi connectivity index (χ1v) is 7.44. The van der Waals surface area contributed by atoms with Gasteiger partial charge in [0.05, 0.1) is 17.6 Å². The van der Waals surface area contributed by atoms with Gasteiger partial charge in [-0.25, -0.2) is 14.6 Å². The molecule has 0 fully saturated rings. The molecule has 2 heterocycles. The van der Waals surface area contributed by atoms with Gasteiger partial charge in [-0.3, -0.25) is 4.57 Å². The summed E-state index contributed by atoms with van der Waals surface area (Å²) in [5.41, 5.74) is 2.06. The minimum absolute atomic E-state index is 0.138. The highest BCUT2D eigenvalue weighted by atomic mass is 16.7. The molecule has 0 aliphatic carbocycles. The molecule has 7 nitrogen and oxygen atoms in total. The van der Waals surface area contributed by atoms with Crippen LogP contribution in [0.4, 0.5) is 0 Å². The molecule has 7 heteroatoms. The third kappa shape index (κ3) is 3.01. The maximum Gasteiger partial charge on any atom is 0.358 e. The monoisotopic (exact) mass is 328 g/mol. The summed E-state index contributed by atoms with van der Waals surface area (Å²) in [6.07, 6.45) is 3.41. The number of para-hydroxylation sites is 2. The van der Waals surface area contributed by atoms with E-state index < -0.39 is 18.2 Å². The zero-order valence-electron chi connectivity index (χ0n) is 13.3. The number of carbonyl (C=O) groups is 2. The van der Waals surface area contributed by atoms with Crippen molar-refractivity contribution in [2.45, 2.75) is 20.1 Å². The molecule has 24 heavy (non-hydrogen) atoms. The van der Waals surface area contributed by atoms with Crippen molar-refractivity contribution in [1.29, 1.82) is 0 Å². The van der Waals surface area contributed by atoms with Gasteiger partial charge in [-0.15, -0.1) is 0 Å². The fourth-order valence-corrected chi connectivity index (χ4v) is 2.26. The van der Waals surface area contributed by atoms with Crippen molar-refractivity contribution in [3.63, 3.8) is 0 Å². The van der Waals surface area contributed by atoms with Crippen LogP contribution in [0.1, 0.15) is 13.8 Å². The first-order valence-electron chi connectivity index (χ1n) is 7.44. The average Bonchev–Trinajstić information content (AvgIpc) is 3.12. The van der Waals surface area contributed by atoms with Crippen LogP contribution in [0.2, 0.25) is 0 Å². The van der Waals surface area contributed by atoms with E-state index in [-0.39, 0.29) is 12.3 Å². The molecule has 1 aromatic carbocycles. The third-order valence-corrected chi connectivity index (χ3v) is 3.44. The Hall–Kier alpha value is -3.09. The van der Waals surface area contributed by atoms with Crippen LogP contribution < -0.4 is 0 Å². The summed E-state index contributed by atoms with van der Waals surface area (Å²) in [6.45, 7) is 3.57. The number of fused-ring (bicyclic) bond motifs is 1. The normalized spacial score (nSPS) is 17.6. The molecule has 0 radical (unpaired) electrons. The largest absolute Gasteiger partial charge is 0.461 e. The summed E-state index contributed by atoms with van der Waals surface area (Å²) in [5, 5.41) is 0. The molecule has 1 aromatic heterocycles. The lowest BCUT2D eigenvalue weighted by Crippen LogP contribution is -2.15. The number of cyclic esters (lactones) is 1. The summed E-state index contributed by atoms with van der Waals surface area (Å²) >= 11 is 0. The molecule has 0 N–H and O–H groups in total. The maximum absolute atomic E-state index is 12.3. The summed E-state index contributed by atoms with van der Waals surface area (Å²) in [7, 11) is 0. The Labute approximate surface area is 138 Å². The number of rotatable bonds is 5. The Bertz CT molecular complexity index is 850. The molecule has 0 spiro atoms. The zero-order valence-corrected chi connectivity index (χ0v) is 13.3. The van der Waals surface area contributed by atoms with Crippen molar-refractivity contribution in [1.82, 2.24) is 9.55 Å². The van der Waals surface area contributed by atoms with E-state index in [1.807, 2.05) is 24.3 Å². The highest BCUT2D eigenvalue weighted by molar-refractivity contribution is 6.11. The van der Waals surface area contributed by atoms with E-state index in [4.69, 9.17) is 14.2 Å². The molecule has 1 aliphatic heterocycles. The number of aromatic nitrogens is 2. The van der Waals surface area contributed by atoms with Crippen LogP contribution in [0.25, 0.3) is 16.7 Å².